The van der Waals surface area contributed by atoms with Crippen LogP contribution in [-0.4, -0.2) is 62.7 Å². The SMILES string of the molecule is CS(=O)(=O)c1ccc(CN2CCCN(C(=O)c3ccc(OC4C=CCCC4)cc3)CC2)cc1. The van der Waals surface area contributed by atoms with E-state index in [1.54, 1.807) is 12.1 Å². The lowest BCUT2D eigenvalue weighted by Gasteiger charge is -2.22. The van der Waals surface area contributed by atoms with Crippen LogP contribution < -0.4 is 4.74 Å². The molecule has 1 amide bonds. The van der Waals surface area contributed by atoms with Gasteiger partial charge in [0.1, 0.15) is 11.9 Å². The summed E-state index contributed by atoms with van der Waals surface area (Å²) in [6, 6.07) is 14.6. The topological polar surface area (TPSA) is 66.9 Å². The lowest BCUT2D eigenvalue weighted by Crippen LogP contribution is -2.35. The number of nitrogens with zero attached hydrogens (tertiary/aromatic N) is 2. The number of benzene rings is 2. The van der Waals surface area contributed by atoms with Gasteiger partial charge in [0, 0.05) is 44.5 Å². The van der Waals surface area contributed by atoms with Gasteiger partial charge in [0.15, 0.2) is 9.84 Å². The van der Waals surface area contributed by atoms with Crippen LogP contribution in [0, 0.1) is 0 Å². The third-order valence-electron chi connectivity index (χ3n) is 6.23. The van der Waals surface area contributed by atoms with Crippen molar-refractivity contribution in [3.05, 3.63) is 71.8 Å². The Labute approximate surface area is 196 Å². The zero-order valence-corrected chi connectivity index (χ0v) is 20.0. The van der Waals surface area contributed by atoms with Crippen LogP contribution in [-0.2, 0) is 16.4 Å². The Morgan fingerprint density at radius 3 is 2.39 bits per heavy atom. The number of carbonyl (C=O) groups excluding carboxylic acids is 1. The van der Waals surface area contributed by atoms with Crippen molar-refractivity contribution in [2.75, 3.05) is 32.4 Å². The van der Waals surface area contributed by atoms with E-state index >= 15 is 0 Å². The second-order valence-corrected chi connectivity index (χ2v) is 10.9. The molecule has 1 unspecified atom stereocenters. The summed E-state index contributed by atoms with van der Waals surface area (Å²) in [5, 5.41) is 0. The molecule has 2 aromatic rings. The zero-order chi connectivity index (χ0) is 23.3. The second kappa shape index (κ2) is 10.5. The quantitative estimate of drug-likeness (QED) is 0.601. The Hall–Kier alpha value is -2.64. The molecular formula is C26H32N2O4S. The molecule has 2 aliphatic rings. The molecule has 4 rings (SSSR count). The Balaban J connectivity index is 1.31. The highest BCUT2D eigenvalue weighted by Crippen LogP contribution is 2.21. The van der Waals surface area contributed by atoms with E-state index in [2.05, 4.69) is 17.1 Å². The highest BCUT2D eigenvalue weighted by molar-refractivity contribution is 7.90. The lowest BCUT2D eigenvalue weighted by molar-refractivity contribution is 0.0761. The van der Waals surface area contributed by atoms with E-state index in [1.807, 2.05) is 41.3 Å². The van der Waals surface area contributed by atoms with Crippen molar-refractivity contribution < 1.29 is 17.9 Å². The minimum Gasteiger partial charge on any atom is -0.486 e. The third kappa shape index (κ3) is 6.45. The molecule has 0 radical (unpaired) electrons. The molecule has 0 spiro atoms. The van der Waals surface area contributed by atoms with Crippen LogP contribution in [0.25, 0.3) is 0 Å². The van der Waals surface area contributed by atoms with Crippen LogP contribution in [0.3, 0.4) is 0 Å². The molecule has 176 valence electrons. The van der Waals surface area contributed by atoms with Gasteiger partial charge < -0.3 is 9.64 Å². The Morgan fingerprint density at radius 1 is 0.970 bits per heavy atom. The van der Waals surface area contributed by atoms with Crippen LogP contribution in [0.1, 0.15) is 41.6 Å². The fourth-order valence-corrected chi connectivity index (χ4v) is 4.98. The summed E-state index contributed by atoms with van der Waals surface area (Å²) in [6.45, 7) is 3.83. The van der Waals surface area contributed by atoms with Crippen LogP contribution in [0.15, 0.2) is 65.6 Å². The monoisotopic (exact) mass is 468 g/mol. The molecule has 7 heteroatoms. The first-order valence-electron chi connectivity index (χ1n) is 11.6. The molecule has 1 aliphatic heterocycles. The summed E-state index contributed by atoms with van der Waals surface area (Å²) >= 11 is 0. The summed E-state index contributed by atoms with van der Waals surface area (Å²) < 4.78 is 29.3. The Kier molecular flexibility index (Phi) is 7.50. The van der Waals surface area contributed by atoms with Gasteiger partial charge in [0.25, 0.3) is 5.91 Å². The standard InChI is InChI=1S/C26H32N2O4S/c1-33(30,31)25-14-8-21(9-15-25)20-27-16-5-17-28(19-18-27)26(29)22-10-12-24(13-11-22)32-23-6-3-2-4-7-23/h3,6,8-15,23H,2,4-5,7,16-20H2,1H3. The van der Waals surface area contributed by atoms with E-state index in [-0.39, 0.29) is 12.0 Å². The molecule has 0 bridgehead atoms. The molecule has 1 aliphatic carbocycles. The van der Waals surface area contributed by atoms with Gasteiger partial charge in [0.05, 0.1) is 4.90 Å². The van der Waals surface area contributed by atoms with Gasteiger partial charge in [-0.3, -0.25) is 9.69 Å². The van der Waals surface area contributed by atoms with Crippen molar-refractivity contribution in [2.45, 2.75) is 43.2 Å². The van der Waals surface area contributed by atoms with Crippen LogP contribution in [0.4, 0.5) is 0 Å². The van der Waals surface area contributed by atoms with Gasteiger partial charge >= 0.3 is 0 Å². The molecule has 0 aromatic heterocycles. The number of ether oxygens (including phenoxy) is 1. The van der Waals surface area contributed by atoms with Gasteiger partial charge in [-0.05, 0) is 73.7 Å². The molecule has 1 atom stereocenters. The van der Waals surface area contributed by atoms with Crippen molar-refractivity contribution in [3.8, 4) is 5.75 Å². The minimum atomic E-state index is -3.18. The first-order chi connectivity index (χ1) is 15.9. The van der Waals surface area contributed by atoms with E-state index in [0.717, 1.165) is 63.2 Å². The number of amides is 1. The fourth-order valence-electron chi connectivity index (χ4n) is 4.35. The summed E-state index contributed by atoms with van der Waals surface area (Å²) in [7, 11) is -3.18. The number of hydrogen-bond donors (Lipinski definition) is 0. The zero-order valence-electron chi connectivity index (χ0n) is 19.2. The van der Waals surface area contributed by atoms with Gasteiger partial charge in [-0.15, -0.1) is 0 Å². The maximum Gasteiger partial charge on any atom is 0.253 e. The van der Waals surface area contributed by atoms with Crippen molar-refractivity contribution in [1.29, 1.82) is 0 Å². The van der Waals surface area contributed by atoms with Crippen LogP contribution >= 0.6 is 0 Å². The Morgan fingerprint density at radius 2 is 1.73 bits per heavy atom. The van der Waals surface area contributed by atoms with Crippen molar-refractivity contribution in [3.63, 3.8) is 0 Å². The number of rotatable bonds is 6. The van der Waals surface area contributed by atoms with E-state index in [1.165, 1.54) is 6.26 Å². The molecule has 1 saturated heterocycles. The normalized spacial score (nSPS) is 19.8. The second-order valence-electron chi connectivity index (χ2n) is 8.88. The number of allylic oxidation sites excluding steroid dienone is 1. The van der Waals surface area contributed by atoms with Crippen molar-refractivity contribution in [2.24, 2.45) is 0 Å². The first kappa shape index (κ1) is 23.5. The average molecular weight is 469 g/mol. The van der Waals surface area contributed by atoms with Gasteiger partial charge in [-0.1, -0.05) is 18.2 Å². The van der Waals surface area contributed by atoms with Crippen molar-refractivity contribution in [1.82, 2.24) is 9.80 Å². The summed E-state index contributed by atoms with van der Waals surface area (Å²) in [6.07, 6.45) is 9.83. The molecular weight excluding hydrogens is 436 g/mol. The molecule has 1 fully saturated rings. The average Bonchev–Trinajstić information content (AvgIpc) is 3.05. The Bertz CT molecular complexity index is 1080. The van der Waals surface area contributed by atoms with Gasteiger partial charge in [-0.2, -0.15) is 0 Å². The third-order valence-corrected chi connectivity index (χ3v) is 7.36. The maximum absolute atomic E-state index is 13.0. The van der Waals surface area contributed by atoms with Gasteiger partial charge in [0.2, 0.25) is 0 Å². The van der Waals surface area contributed by atoms with Crippen molar-refractivity contribution >= 4 is 15.7 Å². The number of hydrogen-bond acceptors (Lipinski definition) is 5. The van der Waals surface area contributed by atoms with Crippen LogP contribution in [0.5, 0.6) is 5.75 Å². The first-order valence-corrected chi connectivity index (χ1v) is 13.5. The predicted octanol–water partition coefficient (Wildman–Crippen LogP) is 3.93. The lowest BCUT2D eigenvalue weighted by atomic mass is 10.1. The fraction of sp³-hybridized carbons (Fsp3) is 0.423. The summed E-state index contributed by atoms with van der Waals surface area (Å²) in [4.78, 5) is 17.6. The van der Waals surface area contributed by atoms with E-state index in [0.29, 0.717) is 17.0 Å². The molecule has 0 N–H and O–H groups in total. The minimum absolute atomic E-state index is 0.0541. The molecule has 6 nitrogen and oxygen atoms in total. The molecule has 2 aromatic carbocycles. The largest absolute Gasteiger partial charge is 0.486 e. The van der Waals surface area contributed by atoms with Gasteiger partial charge in [-0.25, -0.2) is 8.42 Å². The smallest absolute Gasteiger partial charge is 0.253 e. The summed E-state index contributed by atoms with van der Waals surface area (Å²) in [5.41, 5.74) is 1.76. The molecule has 1 heterocycles. The highest BCUT2D eigenvalue weighted by atomic mass is 32.2. The molecule has 33 heavy (non-hydrogen) atoms. The van der Waals surface area contributed by atoms with E-state index < -0.39 is 9.84 Å². The van der Waals surface area contributed by atoms with E-state index in [9.17, 15) is 13.2 Å². The maximum atomic E-state index is 13.0. The highest BCUT2D eigenvalue weighted by Gasteiger charge is 2.21. The summed E-state index contributed by atoms with van der Waals surface area (Å²) in [5.74, 6) is 0.852. The van der Waals surface area contributed by atoms with Crippen LogP contribution in [0.2, 0.25) is 0 Å². The van der Waals surface area contributed by atoms with E-state index in [4.69, 9.17) is 4.74 Å². The number of sulfone groups is 1. The number of carbonyl (C=O) groups is 1. The predicted molar refractivity (Wildman–Crippen MR) is 129 cm³/mol. The molecule has 0 saturated carbocycles.